The minimum Gasteiger partial charge on any atom is -0.507 e. The van der Waals surface area contributed by atoms with E-state index >= 15 is 0 Å². The predicted octanol–water partition coefficient (Wildman–Crippen LogP) is 13.3. The smallest absolute Gasteiger partial charge is 0.127 e. The van der Waals surface area contributed by atoms with Crippen molar-refractivity contribution in [2.75, 3.05) is 0 Å². The van der Waals surface area contributed by atoms with Crippen LogP contribution in [0.1, 0.15) is 52.7 Å². The van der Waals surface area contributed by atoms with E-state index in [2.05, 4.69) is 114 Å². The van der Waals surface area contributed by atoms with Crippen molar-refractivity contribution >= 4 is 43.1 Å². The van der Waals surface area contributed by atoms with E-state index in [9.17, 15) is 10.2 Å². The standard InChI is InChI=1S/C50H40N4O2S2.2Pt/c1-49(2,3)33-23-29(35-15-11-19-43-45(35)53-47(57-43)37-13-7-9-17-41(37)55)21-31(25-33)39-27-40(52-28-51-39)32-22-30(24-34(26-32)50(4,5)6)36-16-12-20-44-46(36)54-48(58-44)38-14-8-10-18-42(38)56;;/h7-20,23-28,55-56H,1-6H3;;/q-2;;. The van der Waals surface area contributed by atoms with Gasteiger partial charge in [0.25, 0.3) is 0 Å². The van der Waals surface area contributed by atoms with Crippen LogP contribution in [-0.2, 0) is 53.0 Å². The summed E-state index contributed by atoms with van der Waals surface area (Å²) in [5.74, 6) is 0.421. The topological polar surface area (TPSA) is 92.0 Å². The van der Waals surface area contributed by atoms with E-state index in [1.807, 2.05) is 42.5 Å². The van der Waals surface area contributed by atoms with Gasteiger partial charge in [-0.2, -0.15) is 0 Å². The Hall–Kier alpha value is -4.84. The molecule has 10 heteroatoms. The maximum atomic E-state index is 10.6. The summed E-state index contributed by atoms with van der Waals surface area (Å²) in [6, 6.07) is 45.3. The Balaban J connectivity index is 0.00000272. The first-order chi connectivity index (χ1) is 27.8. The molecule has 6 nitrogen and oxygen atoms in total. The van der Waals surface area contributed by atoms with Crippen LogP contribution in [-0.4, -0.2) is 30.1 Å². The van der Waals surface area contributed by atoms with Gasteiger partial charge in [0.05, 0.1) is 28.5 Å². The molecule has 6 aromatic carbocycles. The minimum absolute atomic E-state index is 0. The molecule has 0 amide bonds. The fourth-order valence-electron chi connectivity index (χ4n) is 7.10. The van der Waals surface area contributed by atoms with Gasteiger partial charge < -0.3 is 10.2 Å². The zero-order valence-electron chi connectivity index (χ0n) is 33.7. The van der Waals surface area contributed by atoms with E-state index in [1.54, 1.807) is 41.1 Å². The van der Waals surface area contributed by atoms with Crippen molar-refractivity contribution in [3.63, 3.8) is 0 Å². The summed E-state index contributed by atoms with van der Waals surface area (Å²) in [6.45, 7) is 13.3. The van der Waals surface area contributed by atoms with Crippen LogP contribution in [0.2, 0.25) is 0 Å². The number of phenols is 2. The van der Waals surface area contributed by atoms with Gasteiger partial charge in [0.2, 0.25) is 0 Å². The van der Waals surface area contributed by atoms with Crippen molar-refractivity contribution in [3.05, 3.63) is 145 Å². The molecule has 0 aliphatic carbocycles. The van der Waals surface area contributed by atoms with Gasteiger partial charge in [-0.15, -0.1) is 81.3 Å². The van der Waals surface area contributed by atoms with Gasteiger partial charge in [0.15, 0.2) is 0 Å². The van der Waals surface area contributed by atoms with Crippen LogP contribution in [0.25, 0.3) is 86.3 Å². The first-order valence-electron chi connectivity index (χ1n) is 19.2. The first-order valence-corrected chi connectivity index (χ1v) is 20.8. The molecule has 0 unspecified atom stereocenters. The number of nitrogens with zero attached hydrogens (tertiary/aromatic N) is 4. The molecule has 3 aromatic heterocycles. The second-order valence-electron chi connectivity index (χ2n) is 16.6. The second-order valence-corrected chi connectivity index (χ2v) is 18.6. The van der Waals surface area contributed by atoms with Gasteiger partial charge in [0, 0.05) is 62.9 Å². The average Bonchev–Trinajstić information content (AvgIpc) is 3.85. The van der Waals surface area contributed by atoms with Gasteiger partial charge in [-0.1, -0.05) is 118 Å². The van der Waals surface area contributed by atoms with Gasteiger partial charge in [-0.05, 0) is 47.2 Å². The Bertz CT molecular complexity index is 2830. The third-order valence-electron chi connectivity index (χ3n) is 10.4. The summed E-state index contributed by atoms with van der Waals surface area (Å²) in [5, 5.41) is 22.8. The molecule has 0 bridgehead atoms. The molecular weight excluding hydrogens is 1140 g/mol. The van der Waals surface area contributed by atoms with E-state index < -0.39 is 0 Å². The molecule has 2 N–H and O–H groups in total. The second kappa shape index (κ2) is 16.9. The van der Waals surface area contributed by atoms with E-state index in [-0.39, 0.29) is 64.5 Å². The fourth-order valence-corrected chi connectivity index (χ4v) is 9.15. The average molecular weight is 1180 g/mol. The van der Waals surface area contributed by atoms with Crippen molar-refractivity contribution < 1.29 is 52.3 Å². The van der Waals surface area contributed by atoms with Crippen LogP contribution >= 0.6 is 22.7 Å². The third-order valence-corrected chi connectivity index (χ3v) is 12.5. The number of benzene rings is 6. The molecule has 0 radical (unpaired) electrons. The summed E-state index contributed by atoms with van der Waals surface area (Å²) in [6.07, 6.45) is 1.62. The van der Waals surface area contributed by atoms with Crippen LogP contribution in [0.5, 0.6) is 11.5 Å². The van der Waals surface area contributed by atoms with E-state index in [0.717, 1.165) is 86.3 Å². The Labute approximate surface area is 387 Å². The Kier molecular flexibility index (Phi) is 12.2. The van der Waals surface area contributed by atoms with Crippen LogP contribution in [0.3, 0.4) is 0 Å². The molecule has 0 fully saturated rings. The van der Waals surface area contributed by atoms with Crippen LogP contribution in [0.15, 0.2) is 122 Å². The quantitative estimate of drug-likeness (QED) is 0.161. The summed E-state index contributed by atoms with van der Waals surface area (Å²) in [4.78, 5) is 19.8. The van der Waals surface area contributed by atoms with Crippen molar-refractivity contribution in [3.8, 4) is 77.4 Å². The molecule has 0 aliphatic heterocycles. The van der Waals surface area contributed by atoms with E-state index in [0.29, 0.717) is 11.1 Å². The Morgan fingerprint density at radius 1 is 0.467 bits per heavy atom. The van der Waals surface area contributed by atoms with Crippen molar-refractivity contribution in [1.29, 1.82) is 0 Å². The molecule has 0 spiro atoms. The van der Waals surface area contributed by atoms with Gasteiger partial charge >= 0.3 is 0 Å². The zero-order chi connectivity index (χ0) is 40.3. The summed E-state index contributed by atoms with van der Waals surface area (Å²) < 4.78 is 2.06. The summed E-state index contributed by atoms with van der Waals surface area (Å²) in [5.41, 5.74) is 12.1. The van der Waals surface area contributed by atoms with Crippen molar-refractivity contribution in [2.45, 2.75) is 52.4 Å². The fraction of sp³-hybridized carbons (Fsp3) is 0.160. The summed E-state index contributed by atoms with van der Waals surface area (Å²) >= 11 is 3.13. The maximum Gasteiger partial charge on any atom is 0.127 e. The maximum absolute atomic E-state index is 10.6. The molecule has 3 heterocycles. The molecule has 0 saturated heterocycles. The van der Waals surface area contributed by atoms with Crippen LogP contribution in [0.4, 0.5) is 0 Å². The number of fused-ring (bicyclic) bond motifs is 2. The predicted molar refractivity (Wildman–Crippen MR) is 239 cm³/mol. The van der Waals surface area contributed by atoms with E-state index in [1.165, 1.54) is 0 Å². The number of aromatic nitrogens is 4. The van der Waals surface area contributed by atoms with Gasteiger partial charge in [0.1, 0.15) is 21.5 Å². The largest absolute Gasteiger partial charge is 0.507 e. The normalized spacial score (nSPS) is 11.7. The van der Waals surface area contributed by atoms with Gasteiger partial charge in [-0.25, -0.2) is 9.97 Å². The first kappa shape index (κ1) is 43.3. The SMILES string of the molecule is CC(C)(C)c1cc(-c2cc(-c3[c-]c(-c4cccc5sc(-c6ccccc6O)nc45)cc(C(C)(C)C)c3)ncn2)[c-]c(-c2cccc3sc(-c4ccccc4O)nc23)c1.[Pt].[Pt]. The van der Waals surface area contributed by atoms with Crippen molar-refractivity contribution in [2.24, 2.45) is 0 Å². The monoisotopic (exact) mass is 1180 g/mol. The molecule has 9 rings (SSSR count). The number of rotatable bonds is 6. The number of hydrogen-bond donors (Lipinski definition) is 2. The van der Waals surface area contributed by atoms with Crippen molar-refractivity contribution in [1.82, 2.24) is 19.9 Å². The number of thiazole rings is 2. The number of para-hydroxylation sites is 4. The Morgan fingerprint density at radius 3 is 1.25 bits per heavy atom. The van der Waals surface area contributed by atoms with Gasteiger partial charge in [-0.3, -0.25) is 9.97 Å². The molecule has 60 heavy (non-hydrogen) atoms. The number of hydrogen-bond acceptors (Lipinski definition) is 8. The number of aromatic hydroxyl groups is 2. The zero-order valence-corrected chi connectivity index (χ0v) is 39.9. The van der Waals surface area contributed by atoms with E-state index in [4.69, 9.17) is 19.9 Å². The minimum atomic E-state index is -0.162. The molecule has 0 atom stereocenters. The molecule has 0 aliphatic rings. The van der Waals surface area contributed by atoms with Crippen LogP contribution < -0.4 is 0 Å². The number of phenolic OH excluding ortho intramolecular Hbond substituents is 2. The third kappa shape index (κ3) is 8.41. The molecule has 0 saturated carbocycles. The Morgan fingerprint density at radius 2 is 0.850 bits per heavy atom. The molecule has 9 aromatic rings. The molecule has 306 valence electrons. The van der Waals surface area contributed by atoms with Crippen LogP contribution in [0, 0.1) is 12.1 Å². The summed E-state index contributed by atoms with van der Waals surface area (Å²) in [7, 11) is 0. The molecular formula is C50H40N4O2Pt2S2-2.